The van der Waals surface area contributed by atoms with Gasteiger partial charge in [-0.3, -0.25) is 9.69 Å². The van der Waals surface area contributed by atoms with Gasteiger partial charge in [-0.15, -0.1) is 0 Å². The topological polar surface area (TPSA) is 46.3 Å². The number of carbonyl (C=O) groups is 1. The largest absolute Gasteiger partial charge is 0.368 e. The lowest BCUT2D eigenvalue weighted by molar-refractivity contribution is -0.132. The first kappa shape index (κ1) is 12.4. The van der Waals surface area contributed by atoms with Crippen LogP contribution >= 0.6 is 0 Å². The number of alkyl halides is 2. The molecule has 0 radical (unpaired) electrons. The third-order valence-electron chi connectivity index (χ3n) is 3.12. The standard InChI is InChI=1S/C10H18F2N2O/c1-3-8(9(13)15)14-5-4-10(11,12)7(2)6-14/h7-8H,3-6H2,1-2H3,(H2,13,15)/t7-,8-/m0/s1. The number of hydrogen-bond acceptors (Lipinski definition) is 2. The average molecular weight is 220 g/mol. The van der Waals surface area contributed by atoms with Crippen molar-refractivity contribution in [2.45, 2.75) is 38.7 Å². The van der Waals surface area contributed by atoms with Gasteiger partial charge in [0.1, 0.15) is 0 Å². The number of halogens is 2. The summed E-state index contributed by atoms with van der Waals surface area (Å²) in [5.41, 5.74) is 5.22. The van der Waals surface area contributed by atoms with Gasteiger partial charge in [-0.05, 0) is 6.42 Å². The van der Waals surface area contributed by atoms with Gasteiger partial charge in [0.25, 0.3) is 5.92 Å². The van der Waals surface area contributed by atoms with Crippen LogP contribution in [0.2, 0.25) is 0 Å². The summed E-state index contributed by atoms with van der Waals surface area (Å²) in [6.07, 6.45) is 0.394. The third-order valence-corrected chi connectivity index (χ3v) is 3.12. The van der Waals surface area contributed by atoms with E-state index < -0.39 is 23.8 Å². The minimum absolute atomic E-state index is 0.183. The Labute approximate surface area is 88.6 Å². The summed E-state index contributed by atoms with van der Waals surface area (Å²) in [7, 11) is 0. The summed E-state index contributed by atoms with van der Waals surface area (Å²) < 4.78 is 26.4. The maximum atomic E-state index is 13.2. The molecule has 2 N–H and O–H groups in total. The van der Waals surface area contributed by atoms with E-state index in [1.807, 2.05) is 6.92 Å². The van der Waals surface area contributed by atoms with Gasteiger partial charge in [0, 0.05) is 25.4 Å². The summed E-state index contributed by atoms with van der Waals surface area (Å²) in [6, 6.07) is -0.399. The second-order valence-electron chi connectivity index (χ2n) is 4.23. The SMILES string of the molecule is CC[C@@H](C(N)=O)N1CCC(F)(F)[C@@H](C)C1. The zero-order chi connectivity index (χ0) is 11.6. The molecule has 0 saturated carbocycles. The van der Waals surface area contributed by atoms with Gasteiger partial charge in [0.05, 0.1) is 6.04 Å². The summed E-state index contributed by atoms with van der Waals surface area (Å²) in [5.74, 6) is -3.73. The number of amides is 1. The molecule has 0 aliphatic carbocycles. The monoisotopic (exact) mass is 220 g/mol. The summed E-state index contributed by atoms with van der Waals surface area (Å²) in [4.78, 5) is 12.9. The number of nitrogens with zero attached hydrogens (tertiary/aromatic N) is 1. The van der Waals surface area contributed by atoms with Crippen LogP contribution in [0.3, 0.4) is 0 Å². The fourth-order valence-electron chi connectivity index (χ4n) is 2.04. The van der Waals surface area contributed by atoms with Crippen LogP contribution in [0.1, 0.15) is 26.7 Å². The second kappa shape index (κ2) is 4.43. The van der Waals surface area contributed by atoms with Crippen LogP contribution in [-0.4, -0.2) is 35.9 Å². The van der Waals surface area contributed by atoms with E-state index in [0.717, 1.165) is 0 Å². The van der Waals surface area contributed by atoms with Crippen molar-refractivity contribution in [2.75, 3.05) is 13.1 Å². The second-order valence-corrected chi connectivity index (χ2v) is 4.23. The first-order valence-corrected chi connectivity index (χ1v) is 5.29. The number of primary amides is 1. The zero-order valence-electron chi connectivity index (χ0n) is 9.17. The molecule has 1 aliphatic rings. The van der Waals surface area contributed by atoms with Gasteiger partial charge < -0.3 is 5.73 Å². The van der Waals surface area contributed by atoms with Crippen LogP contribution in [0.5, 0.6) is 0 Å². The summed E-state index contributed by atoms with van der Waals surface area (Å²) in [6.45, 7) is 3.85. The fourth-order valence-corrected chi connectivity index (χ4v) is 2.04. The van der Waals surface area contributed by atoms with Gasteiger partial charge in [-0.1, -0.05) is 13.8 Å². The molecule has 1 heterocycles. The van der Waals surface area contributed by atoms with Gasteiger partial charge in [-0.25, -0.2) is 8.78 Å². The van der Waals surface area contributed by atoms with Crippen LogP contribution < -0.4 is 5.73 Å². The lowest BCUT2D eigenvalue weighted by Gasteiger charge is -2.39. The Morgan fingerprint density at radius 1 is 1.67 bits per heavy atom. The van der Waals surface area contributed by atoms with Crippen molar-refractivity contribution >= 4 is 5.91 Å². The van der Waals surface area contributed by atoms with E-state index in [0.29, 0.717) is 6.42 Å². The highest BCUT2D eigenvalue weighted by molar-refractivity contribution is 5.79. The fraction of sp³-hybridized carbons (Fsp3) is 0.900. The molecule has 2 atom stereocenters. The number of rotatable bonds is 3. The number of carbonyl (C=O) groups excluding carboxylic acids is 1. The number of nitrogens with two attached hydrogens (primary N) is 1. The van der Waals surface area contributed by atoms with Crippen molar-refractivity contribution in [2.24, 2.45) is 11.7 Å². The van der Waals surface area contributed by atoms with E-state index in [-0.39, 0.29) is 19.5 Å². The summed E-state index contributed by atoms with van der Waals surface area (Å²) >= 11 is 0. The third kappa shape index (κ3) is 2.65. The van der Waals surface area contributed by atoms with Crippen molar-refractivity contribution in [1.29, 1.82) is 0 Å². The average Bonchev–Trinajstić information content (AvgIpc) is 2.12. The summed E-state index contributed by atoms with van der Waals surface area (Å²) in [5, 5.41) is 0. The van der Waals surface area contributed by atoms with Crippen LogP contribution in [-0.2, 0) is 4.79 Å². The molecule has 1 saturated heterocycles. The number of piperidine rings is 1. The molecule has 0 spiro atoms. The van der Waals surface area contributed by atoms with Crippen LogP contribution in [0.25, 0.3) is 0 Å². The molecular weight excluding hydrogens is 202 g/mol. The van der Waals surface area contributed by atoms with Crippen molar-refractivity contribution in [1.82, 2.24) is 4.90 Å². The minimum Gasteiger partial charge on any atom is -0.368 e. The van der Waals surface area contributed by atoms with E-state index in [4.69, 9.17) is 5.73 Å². The van der Waals surface area contributed by atoms with E-state index in [9.17, 15) is 13.6 Å². The first-order chi connectivity index (χ1) is 6.88. The lowest BCUT2D eigenvalue weighted by atomic mass is 9.94. The minimum atomic E-state index is -2.60. The van der Waals surface area contributed by atoms with Gasteiger partial charge in [-0.2, -0.15) is 0 Å². The molecule has 1 rings (SSSR count). The van der Waals surface area contributed by atoms with Gasteiger partial charge in [0.15, 0.2) is 0 Å². The zero-order valence-corrected chi connectivity index (χ0v) is 9.17. The molecule has 1 aliphatic heterocycles. The molecule has 1 fully saturated rings. The molecule has 5 heteroatoms. The Kier molecular flexibility index (Phi) is 3.65. The Balaban J connectivity index is 2.64. The van der Waals surface area contributed by atoms with E-state index >= 15 is 0 Å². The first-order valence-electron chi connectivity index (χ1n) is 5.29. The van der Waals surface area contributed by atoms with Crippen molar-refractivity contribution in [3.63, 3.8) is 0 Å². The molecule has 3 nitrogen and oxygen atoms in total. The Hall–Kier alpha value is -0.710. The van der Waals surface area contributed by atoms with Gasteiger partial charge in [0.2, 0.25) is 5.91 Å². The Morgan fingerprint density at radius 3 is 2.67 bits per heavy atom. The molecule has 15 heavy (non-hydrogen) atoms. The molecule has 0 aromatic carbocycles. The van der Waals surface area contributed by atoms with E-state index in [2.05, 4.69) is 0 Å². The number of likely N-dealkylation sites (tertiary alicyclic amines) is 1. The maximum absolute atomic E-state index is 13.2. The lowest BCUT2D eigenvalue weighted by Crippen LogP contribution is -2.53. The van der Waals surface area contributed by atoms with Crippen molar-refractivity contribution < 1.29 is 13.6 Å². The van der Waals surface area contributed by atoms with Crippen molar-refractivity contribution in [3.8, 4) is 0 Å². The van der Waals surface area contributed by atoms with E-state index in [1.54, 1.807) is 4.90 Å². The molecular formula is C10H18F2N2O. The molecule has 0 aromatic heterocycles. The molecule has 0 bridgehead atoms. The molecule has 0 aromatic rings. The Bertz CT molecular complexity index is 246. The van der Waals surface area contributed by atoms with Gasteiger partial charge >= 0.3 is 0 Å². The normalized spacial score (nSPS) is 28.7. The number of hydrogen-bond donors (Lipinski definition) is 1. The molecule has 1 amide bonds. The van der Waals surface area contributed by atoms with Crippen LogP contribution in [0, 0.1) is 5.92 Å². The quantitative estimate of drug-likeness (QED) is 0.777. The molecule has 0 unspecified atom stereocenters. The van der Waals surface area contributed by atoms with E-state index in [1.165, 1.54) is 6.92 Å². The highest BCUT2D eigenvalue weighted by Gasteiger charge is 2.43. The predicted octanol–water partition coefficient (Wildman–Crippen LogP) is 1.23. The maximum Gasteiger partial charge on any atom is 0.253 e. The Morgan fingerprint density at radius 2 is 2.27 bits per heavy atom. The smallest absolute Gasteiger partial charge is 0.253 e. The van der Waals surface area contributed by atoms with Crippen molar-refractivity contribution in [3.05, 3.63) is 0 Å². The molecule has 88 valence electrons. The predicted molar refractivity (Wildman–Crippen MR) is 53.6 cm³/mol. The van der Waals surface area contributed by atoms with Crippen LogP contribution in [0.15, 0.2) is 0 Å². The highest BCUT2D eigenvalue weighted by atomic mass is 19.3. The highest BCUT2D eigenvalue weighted by Crippen LogP contribution is 2.33. The van der Waals surface area contributed by atoms with Crippen LogP contribution in [0.4, 0.5) is 8.78 Å².